The molecule has 0 amide bonds. The largest absolute Gasteiger partial charge is 0.456 e. The van der Waals surface area contributed by atoms with Crippen LogP contribution in [0.1, 0.15) is 34.3 Å². The van der Waals surface area contributed by atoms with Gasteiger partial charge in [-0.2, -0.15) is 0 Å². The molecule has 57 heavy (non-hydrogen) atoms. The zero-order valence-electron chi connectivity index (χ0n) is 30.7. The third kappa shape index (κ3) is 5.11. The molecule has 3 aliphatic rings. The maximum Gasteiger partial charge on any atom is 0.159 e. The quantitative estimate of drug-likeness (QED) is 0.191. The van der Waals surface area contributed by atoms with E-state index in [-0.39, 0.29) is 11.2 Å². The van der Waals surface area contributed by atoms with Crippen LogP contribution >= 0.6 is 11.8 Å². The van der Waals surface area contributed by atoms with Crippen molar-refractivity contribution in [3.8, 4) is 11.1 Å². The maximum absolute atomic E-state index is 6.68. The number of furan rings is 1. The highest BCUT2D eigenvalue weighted by atomic mass is 32.2. The Kier molecular flexibility index (Phi) is 7.29. The van der Waals surface area contributed by atoms with E-state index in [2.05, 4.69) is 156 Å². The van der Waals surface area contributed by atoms with Gasteiger partial charge in [0.1, 0.15) is 23.2 Å². The van der Waals surface area contributed by atoms with Crippen LogP contribution in [0.2, 0.25) is 0 Å². The number of hydrogen-bond acceptors (Lipinski definition) is 5. The van der Waals surface area contributed by atoms with Gasteiger partial charge in [0.05, 0.1) is 11.0 Å². The first-order valence-electron chi connectivity index (χ1n) is 19.4. The lowest BCUT2D eigenvalue weighted by Gasteiger charge is -2.24. The SMILES string of the molecule is C1=CC2c3c(cccc3-c3cccc4oc5cccc(C6N=C(c7ccccc7)N=C(c7ccccc7)N6)c5c34)SC2C=C1n1c2ccccc2c2ccccc21. The molecule has 0 bridgehead atoms. The predicted molar refractivity (Wildman–Crippen MR) is 236 cm³/mol. The number of amidine groups is 2. The van der Waals surface area contributed by atoms with Gasteiger partial charge in [-0.1, -0.05) is 140 Å². The standard InChI is InChI=1S/C51H34N4OS/c1-3-14-31(15-4-1)49-52-50(32-16-5-2-6-17-32)54-51(53-49)39-22-12-26-43-48(39)47-37(20-11-25-42(47)56-43)36-21-13-27-44-46(36)38-29-28-33(30-45(38)57-44)55-40-23-9-7-18-34(40)35-19-8-10-24-41(35)55/h1-30,38,45,51H,(H,52,53,54). The third-order valence-electron chi connectivity index (χ3n) is 11.6. The molecule has 1 aliphatic carbocycles. The molecule has 3 unspecified atom stereocenters. The summed E-state index contributed by atoms with van der Waals surface area (Å²) >= 11 is 1.97. The molecule has 0 radical (unpaired) electrons. The van der Waals surface area contributed by atoms with E-state index >= 15 is 0 Å². The minimum Gasteiger partial charge on any atom is -0.456 e. The van der Waals surface area contributed by atoms with Crippen molar-refractivity contribution in [1.29, 1.82) is 0 Å². The van der Waals surface area contributed by atoms with Crippen molar-refractivity contribution in [1.82, 2.24) is 9.88 Å². The number of aliphatic imine (C=N–C) groups is 2. The van der Waals surface area contributed by atoms with Crippen LogP contribution < -0.4 is 5.32 Å². The Morgan fingerprint density at radius 3 is 2.02 bits per heavy atom. The molecule has 270 valence electrons. The second kappa shape index (κ2) is 12.8. The van der Waals surface area contributed by atoms with Crippen molar-refractivity contribution in [2.24, 2.45) is 9.98 Å². The summed E-state index contributed by atoms with van der Waals surface area (Å²) in [7, 11) is 0. The molecular formula is C51H34N4OS. The van der Waals surface area contributed by atoms with Gasteiger partial charge in [-0.3, -0.25) is 0 Å². The Bertz CT molecular complexity index is 3150. The van der Waals surface area contributed by atoms with Gasteiger partial charge in [0.15, 0.2) is 5.84 Å². The smallest absolute Gasteiger partial charge is 0.159 e. The maximum atomic E-state index is 6.68. The number of benzene rings is 7. The highest BCUT2D eigenvalue weighted by Gasteiger charge is 2.36. The topological polar surface area (TPSA) is 54.8 Å². The summed E-state index contributed by atoms with van der Waals surface area (Å²) in [4.78, 5) is 11.6. The summed E-state index contributed by atoms with van der Waals surface area (Å²) in [6.45, 7) is 0. The minimum atomic E-state index is -0.391. The average Bonchev–Trinajstić information content (AvgIpc) is 3.96. The number of aromatic nitrogens is 1. The van der Waals surface area contributed by atoms with Crippen LogP contribution in [0.4, 0.5) is 0 Å². The second-order valence-corrected chi connectivity index (χ2v) is 16.1. The Morgan fingerprint density at radius 2 is 1.25 bits per heavy atom. The number of nitrogens with one attached hydrogen (secondary N) is 1. The van der Waals surface area contributed by atoms with Gasteiger partial charge in [-0.05, 0) is 59.2 Å². The van der Waals surface area contributed by atoms with Gasteiger partial charge in [0, 0.05) is 60.0 Å². The van der Waals surface area contributed by atoms with Crippen molar-refractivity contribution in [3.05, 3.63) is 204 Å². The van der Waals surface area contributed by atoms with E-state index in [1.807, 2.05) is 48.2 Å². The molecule has 0 fully saturated rings. The first-order chi connectivity index (χ1) is 28.3. The highest BCUT2D eigenvalue weighted by molar-refractivity contribution is 8.00. The van der Waals surface area contributed by atoms with E-state index in [0.29, 0.717) is 5.84 Å². The monoisotopic (exact) mass is 750 g/mol. The predicted octanol–water partition coefficient (Wildman–Crippen LogP) is 12.5. The van der Waals surface area contributed by atoms with E-state index in [9.17, 15) is 0 Å². The fourth-order valence-electron chi connectivity index (χ4n) is 9.14. The lowest BCUT2D eigenvalue weighted by Crippen LogP contribution is -2.33. The van der Waals surface area contributed by atoms with Crippen LogP contribution in [-0.4, -0.2) is 21.5 Å². The van der Waals surface area contributed by atoms with E-state index in [1.165, 1.54) is 49.1 Å². The molecule has 6 heteroatoms. The summed E-state index contributed by atoms with van der Waals surface area (Å²) in [6, 6.07) is 57.6. The third-order valence-corrected chi connectivity index (χ3v) is 12.9. The Hall–Kier alpha value is -6.89. The molecule has 4 heterocycles. The normalized spacial score (nSPS) is 18.7. The summed E-state index contributed by atoms with van der Waals surface area (Å²) in [5, 5.41) is 8.71. The molecule has 1 N–H and O–H groups in total. The summed E-state index contributed by atoms with van der Waals surface area (Å²) in [5.74, 6) is 1.72. The van der Waals surface area contributed by atoms with Crippen LogP contribution in [0.5, 0.6) is 0 Å². The zero-order chi connectivity index (χ0) is 37.5. The van der Waals surface area contributed by atoms with Gasteiger partial charge in [-0.25, -0.2) is 9.98 Å². The Balaban J connectivity index is 0.989. The lowest BCUT2D eigenvalue weighted by molar-refractivity contribution is 0.662. The fraction of sp³-hybridized carbons (Fsp3) is 0.0588. The molecule has 7 aromatic carbocycles. The first kappa shape index (κ1) is 32.4. The number of hydrogen-bond donors (Lipinski definition) is 1. The molecule has 9 aromatic rings. The van der Waals surface area contributed by atoms with Crippen molar-refractivity contribution < 1.29 is 4.42 Å². The summed E-state index contributed by atoms with van der Waals surface area (Å²) in [5.41, 5.74) is 12.2. The summed E-state index contributed by atoms with van der Waals surface area (Å²) in [6.07, 6.45) is 6.85. The van der Waals surface area contributed by atoms with E-state index < -0.39 is 6.17 Å². The van der Waals surface area contributed by atoms with Crippen molar-refractivity contribution in [2.45, 2.75) is 22.2 Å². The second-order valence-electron chi connectivity index (χ2n) is 14.8. The Morgan fingerprint density at radius 1 is 0.596 bits per heavy atom. The summed E-state index contributed by atoms with van der Waals surface area (Å²) < 4.78 is 9.11. The molecular weight excluding hydrogens is 717 g/mol. The zero-order valence-corrected chi connectivity index (χ0v) is 31.5. The van der Waals surface area contributed by atoms with Gasteiger partial charge in [-0.15, -0.1) is 11.8 Å². The van der Waals surface area contributed by atoms with E-state index in [0.717, 1.165) is 44.5 Å². The highest BCUT2D eigenvalue weighted by Crippen LogP contribution is 2.54. The number of allylic oxidation sites excluding steroid dienone is 3. The number of para-hydroxylation sites is 2. The van der Waals surface area contributed by atoms with Crippen LogP contribution in [0.25, 0.3) is 60.6 Å². The number of nitrogens with zero attached hydrogens (tertiary/aromatic N) is 3. The minimum absolute atomic E-state index is 0.230. The van der Waals surface area contributed by atoms with Crippen molar-refractivity contribution >= 4 is 72.9 Å². The molecule has 3 atom stereocenters. The van der Waals surface area contributed by atoms with Gasteiger partial charge >= 0.3 is 0 Å². The Labute approximate surface area is 333 Å². The molecule has 0 spiro atoms. The molecule has 2 aromatic heterocycles. The van der Waals surface area contributed by atoms with Gasteiger partial charge in [0.25, 0.3) is 0 Å². The first-order valence-corrected chi connectivity index (χ1v) is 20.3. The van der Waals surface area contributed by atoms with Crippen LogP contribution in [-0.2, 0) is 0 Å². The lowest BCUT2D eigenvalue weighted by atomic mass is 9.85. The number of fused-ring (bicyclic) bond motifs is 9. The van der Waals surface area contributed by atoms with Crippen LogP contribution in [0.15, 0.2) is 201 Å². The van der Waals surface area contributed by atoms with E-state index in [1.54, 1.807) is 0 Å². The van der Waals surface area contributed by atoms with Gasteiger partial charge < -0.3 is 14.3 Å². The van der Waals surface area contributed by atoms with Crippen LogP contribution in [0, 0.1) is 0 Å². The molecule has 5 nitrogen and oxygen atoms in total. The molecule has 2 aliphatic heterocycles. The van der Waals surface area contributed by atoms with Crippen LogP contribution in [0.3, 0.4) is 0 Å². The molecule has 0 saturated carbocycles. The number of thioether (sulfide) groups is 1. The van der Waals surface area contributed by atoms with Gasteiger partial charge in [0.2, 0.25) is 0 Å². The average molecular weight is 751 g/mol. The van der Waals surface area contributed by atoms with Crippen molar-refractivity contribution in [2.75, 3.05) is 0 Å². The number of rotatable bonds is 5. The molecule has 0 saturated heterocycles. The van der Waals surface area contributed by atoms with Crippen molar-refractivity contribution in [3.63, 3.8) is 0 Å². The molecule has 12 rings (SSSR count). The fourth-order valence-corrected chi connectivity index (χ4v) is 10.5. The van der Waals surface area contributed by atoms with E-state index in [4.69, 9.17) is 14.4 Å².